The van der Waals surface area contributed by atoms with E-state index in [4.69, 9.17) is 4.74 Å². The number of hydrogen-bond donors (Lipinski definition) is 2. The largest absolute Gasteiger partial charge is 0.379 e. The molecular weight excluding hydrogens is 236 g/mol. The van der Waals surface area contributed by atoms with E-state index in [-0.39, 0.29) is 0 Å². The van der Waals surface area contributed by atoms with Crippen molar-refractivity contribution in [3.05, 3.63) is 0 Å². The van der Waals surface area contributed by atoms with Crippen LogP contribution in [0.3, 0.4) is 0 Å². The Morgan fingerprint density at radius 1 is 1.05 bits per heavy atom. The molecule has 0 radical (unpaired) electrons. The minimum atomic E-state index is 0.492. The van der Waals surface area contributed by atoms with Gasteiger partial charge in [0.05, 0.1) is 13.2 Å². The molecule has 1 aliphatic carbocycles. The average Bonchev–Trinajstić information content (AvgIpc) is 2.72. The first kappa shape index (κ1) is 15.3. The van der Waals surface area contributed by atoms with E-state index in [1.807, 2.05) is 0 Å². The lowest BCUT2D eigenvalue weighted by Gasteiger charge is -2.19. The summed E-state index contributed by atoms with van der Waals surface area (Å²) in [5, 5.41) is 7.29. The monoisotopic (exact) mass is 268 g/mol. The quantitative estimate of drug-likeness (QED) is 0.743. The molecule has 2 unspecified atom stereocenters. The second-order valence-electron chi connectivity index (χ2n) is 7.51. The van der Waals surface area contributed by atoms with E-state index in [9.17, 15) is 0 Å². The summed E-state index contributed by atoms with van der Waals surface area (Å²) in [5.41, 5.74) is 0.984. The predicted molar refractivity (Wildman–Crippen MR) is 80.3 cm³/mol. The standard InChI is InChI=1S/C16H32N2O/c1-6-7-18-13-11-19-10-12(13)8-17-9-14-15(2,3)16(14,4)5/h12-14,17-18H,6-11H2,1-5H3. The highest BCUT2D eigenvalue weighted by molar-refractivity contribution is 5.12. The summed E-state index contributed by atoms with van der Waals surface area (Å²) in [6, 6.07) is 0.549. The molecule has 19 heavy (non-hydrogen) atoms. The second kappa shape index (κ2) is 5.71. The third kappa shape index (κ3) is 2.98. The van der Waals surface area contributed by atoms with Gasteiger partial charge in [0.2, 0.25) is 0 Å². The number of nitrogens with one attached hydrogen (secondary N) is 2. The van der Waals surface area contributed by atoms with E-state index in [0.717, 1.165) is 38.8 Å². The van der Waals surface area contributed by atoms with Crippen LogP contribution in [-0.4, -0.2) is 38.9 Å². The van der Waals surface area contributed by atoms with Crippen LogP contribution in [0.15, 0.2) is 0 Å². The molecule has 2 rings (SSSR count). The van der Waals surface area contributed by atoms with Gasteiger partial charge in [-0.1, -0.05) is 34.6 Å². The normalized spacial score (nSPS) is 32.7. The SMILES string of the molecule is CCCNC1COCC1CNCC1C(C)(C)C1(C)C. The molecule has 112 valence electrons. The molecule has 0 aromatic carbocycles. The first-order chi connectivity index (χ1) is 8.91. The van der Waals surface area contributed by atoms with Crippen molar-refractivity contribution in [2.45, 2.75) is 47.1 Å². The lowest BCUT2D eigenvalue weighted by Crippen LogP contribution is -2.41. The van der Waals surface area contributed by atoms with Crippen molar-refractivity contribution in [1.82, 2.24) is 10.6 Å². The zero-order valence-corrected chi connectivity index (χ0v) is 13.4. The smallest absolute Gasteiger partial charge is 0.0623 e. The van der Waals surface area contributed by atoms with Gasteiger partial charge in [0.25, 0.3) is 0 Å². The van der Waals surface area contributed by atoms with Crippen LogP contribution in [0.1, 0.15) is 41.0 Å². The fraction of sp³-hybridized carbons (Fsp3) is 1.00. The Morgan fingerprint density at radius 2 is 1.74 bits per heavy atom. The van der Waals surface area contributed by atoms with Crippen molar-refractivity contribution in [3.8, 4) is 0 Å². The lowest BCUT2D eigenvalue weighted by atomic mass is 10.0. The van der Waals surface area contributed by atoms with Crippen molar-refractivity contribution in [2.24, 2.45) is 22.7 Å². The van der Waals surface area contributed by atoms with E-state index >= 15 is 0 Å². The predicted octanol–water partition coefficient (Wildman–Crippen LogP) is 2.27. The zero-order chi connectivity index (χ0) is 14.1. The molecule has 3 nitrogen and oxygen atoms in total. The van der Waals surface area contributed by atoms with Gasteiger partial charge in [0.15, 0.2) is 0 Å². The van der Waals surface area contributed by atoms with Gasteiger partial charge in [-0.3, -0.25) is 0 Å². The summed E-state index contributed by atoms with van der Waals surface area (Å²) in [6.07, 6.45) is 1.20. The second-order valence-corrected chi connectivity index (χ2v) is 7.51. The van der Waals surface area contributed by atoms with Crippen molar-refractivity contribution in [1.29, 1.82) is 0 Å². The molecule has 0 aromatic rings. The molecule has 0 spiro atoms. The minimum absolute atomic E-state index is 0.492. The Morgan fingerprint density at radius 3 is 2.32 bits per heavy atom. The molecule has 1 heterocycles. The number of hydrogen-bond acceptors (Lipinski definition) is 3. The summed E-state index contributed by atoms with van der Waals surface area (Å²) in [7, 11) is 0. The van der Waals surface area contributed by atoms with Crippen LogP contribution in [0, 0.1) is 22.7 Å². The molecule has 2 N–H and O–H groups in total. The first-order valence-corrected chi connectivity index (χ1v) is 7.93. The Labute approximate surface area is 118 Å². The van der Waals surface area contributed by atoms with E-state index in [0.29, 0.717) is 22.8 Å². The van der Waals surface area contributed by atoms with E-state index in [2.05, 4.69) is 45.3 Å². The molecule has 0 amide bonds. The summed E-state index contributed by atoms with van der Waals surface area (Å²) >= 11 is 0. The van der Waals surface area contributed by atoms with Crippen LogP contribution >= 0.6 is 0 Å². The van der Waals surface area contributed by atoms with Gasteiger partial charge in [0, 0.05) is 18.5 Å². The van der Waals surface area contributed by atoms with Crippen LogP contribution in [0.5, 0.6) is 0 Å². The fourth-order valence-corrected chi connectivity index (χ4v) is 3.61. The summed E-state index contributed by atoms with van der Waals surface area (Å²) in [5.74, 6) is 1.45. The van der Waals surface area contributed by atoms with Crippen LogP contribution in [-0.2, 0) is 4.74 Å². The Bertz CT molecular complexity index is 287. The molecule has 1 saturated carbocycles. The molecule has 1 saturated heterocycles. The zero-order valence-electron chi connectivity index (χ0n) is 13.4. The maximum atomic E-state index is 5.62. The van der Waals surface area contributed by atoms with Crippen molar-refractivity contribution in [3.63, 3.8) is 0 Å². The third-order valence-electron chi connectivity index (χ3n) is 5.93. The van der Waals surface area contributed by atoms with Gasteiger partial charge < -0.3 is 15.4 Å². The van der Waals surface area contributed by atoms with Crippen LogP contribution in [0.25, 0.3) is 0 Å². The summed E-state index contributed by atoms with van der Waals surface area (Å²) in [6.45, 7) is 16.9. The highest BCUT2D eigenvalue weighted by Gasteiger charge is 2.63. The average molecular weight is 268 g/mol. The highest BCUT2D eigenvalue weighted by atomic mass is 16.5. The Hall–Kier alpha value is -0.120. The first-order valence-electron chi connectivity index (χ1n) is 7.93. The maximum absolute atomic E-state index is 5.62. The highest BCUT2D eigenvalue weighted by Crippen LogP contribution is 2.67. The van der Waals surface area contributed by atoms with Crippen molar-refractivity contribution >= 4 is 0 Å². The molecule has 2 atom stereocenters. The molecule has 0 bridgehead atoms. The third-order valence-corrected chi connectivity index (χ3v) is 5.93. The Kier molecular flexibility index (Phi) is 4.59. The van der Waals surface area contributed by atoms with Gasteiger partial charge in [-0.15, -0.1) is 0 Å². The van der Waals surface area contributed by atoms with E-state index in [1.54, 1.807) is 0 Å². The van der Waals surface area contributed by atoms with Gasteiger partial charge >= 0.3 is 0 Å². The van der Waals surface area contributed by atoms with E-state index in [1.165, 1.54) is 6.42 Å². The summed E-state index contributed by atoms with van der Waals surface area (Å²) in [4.78, 5) is 0. The van der Waals surface area contributed by atoms with E-state index < -0.39 is 0 Å². The molecule has 2 aliphatic rings. The fourth-order valence-electron chi connectivity index (χ4n) is 3.61. The van der Waals surface area contributed by atoms with Gasteiger partial charge in [0.1, 0.15) is 0 Å². The maximum Gasteiger partial charge on any atom is 0.0623 e. The molecule has 2 fully saturated rings. The van der Waals surface area contributed by atoms with Crippen LogP contribution < -0.4 is 10.6 Å². The number of rotatable bonds is 7. The van der Waals surface area contributed by atoms with Gasteiger partial charge in [-0.2, -0.15) is 0 Å². The molecule has 3 heteroatoms. The van der Waals surface area contributed by atoms with Gasteiger partial charge in [-0.25, -0.2) is 0 Å². The Balaban J connectivity index is 1.69. The number of ether oxygens (including phenoxy) is 1. The van der Waals surface area contributed by atoms with Crippen LogP contribution in [0.4, 0.5) is 0 Å². The molecular formula is C16H32N2O. The van der Waals surface area contributed by atoms with Gasteiger partial charge in [-0.05, 0) is 36.3 Å². The van der Waals surface area contributed by atoms with Crippen molar-refractivity contribution in [2.75, 3.05) is 32.8 Å². The molecule has 1 aliphatic heterocycles. The molecule has 0 aromatic heterocycles. The lowest BCUT2D eigenvalue weighted by molar-refractivity contribution is 0.182. The minimum Gasteiger partial charge on any atom is -0.379 e. The topological polar surface area (TPSA) is 33.3 Å². The summed E-state index contributed by atoms with van der Waals surface area (Å²) < 4.78 is 5.62. The van der Waals surface area contributed by atoms with Crippen LogP contribution in [0.2, 0.25) is 0 Å². The van der Waals surface area contributed by atoms with Crippen molar-refractivity contribution < 1.29 is 4.74 Å².